The van der Waals surface area contributed by atoms with Crippen molar-refractivity contribution in [2.24, 2.45) is 7.05 Å². The Morgan fingerprint density at radius 3 is 2.17 bits per heavy atom. The minimum Gasteiger partial charge on any atom is -0.386 e. The van der Waals surface area contributed by atoms with E-state index >= 15 is 0 Å². The fourth-order valence-electron chi connectivity index (χ4n) is 1.24. The maximum absolute atomic E-state index is 9.71. The monoisotopic (exact) mass is 168 g/mol. The van der Waals surface area contributed by atoms with Crippen LogP contribution >= 0.6 is 0 Å². The van der Waals surface area contributed by atoms with Gasteiger partial charge in [0.1, 0.15) is 5.82 Å². The third-order valence-electron chi connectivity index (χ3n) is 2.18. The third-order valence-corrected chi connectivity index (χ3v) is 2.18. The van der Waals surface area contributed by atoms with Crippen molar-refractivity contribution >= 4 is 5.82 Å². The van der Waals surface area contributed by atoms with E-state index in [-0.39, 0.29) is 0 Å². The van der Waals surface area contributed by atoms with Crippen LogP contribution in [0.4, 0.5) is 5.82 Å². The summed E-state index contributed by atoms with van der Waals surface area (Å²) in [5.74, 6) is 0.639. The van der Waals surface area contributed by atoms with Crippen LogP contribution in [0, 0.1) is 6.92 Å². The minimum atomic E-state index is -0.851. The maximum atomic E-state index is 9.71. The Morgan fingerprint density at radius 2 is 2.00 bits per heavy atom. The molecule has 0 aliphatic carbocycles. The van der Waals surface area contributed by atoms with Crippen molar-refractivity contribution in [3.63, 3.8) is 0 Å². The first-order valence-corrected chi connectivity index (χ1v) is 3.98. The van der Waals surface area contributed by atoms with Gasteiger partial charge >= 0.3 is 0 Å². The smallest absolute Gasteiger partial charge is 0.109 e. The van der Waals surface area contributed by atoms with Crippen molar-refractivity contribution in [2.45, 2.75) is 26.4 Å². The molecule has 0 bridgehead atoms. The number of aromatic nitrogens is 1. The van der Waals surface area contributed by atoms with Gasteiger partial charge in [0, 0.05) is 18.3 Å². The molecule has 0 spiro atoms. The molecule has 0 amide bonds. The van der Waals surface area contributed by atoms with Crippen molar-refractivity contribution in [2.75, 3.05) is 5.73 Å². The average Bonchev–Trinajstić information content (AvgIpc) is 2.15. The predicted octanol–water partition coefficient (Wildman–Crippen LogP) is 1.14. The lowest BCUT2D eigenvalue weighted by Crippen LogP contribution is -2.17. The first-order valence-electron chi connectivity index (χ1n) is 3.98. The fraction of sp³-hybridized carbons (Fsp3) is 0.556. The Labute approximate surface area is 72.8 Å². The van der Waals surface area contributed by atoms with Crippen LogP contribution in [0.2, 0.25) is 0 Å². The van der Waals surface area contributed by atoms with E-state index in [0.717, 1.165) is 11.3 Å². The summed E-state index contributed by atoms with van der Waals surface area (Å²) in [5, 5.41) is 9.71. The molecule has 68 valence electrons. The van der Waals surface area contributed by atoms with E-state index in [1.54, 1.807) is 13.8 Å². The Kier molecular flexibility index (Phi) is 1.92. The molecule has 1 heterocycles. The molecule has 3 N–H and O–H groups in total. The van der Waals surface area contributed by atoms with Gasteiger partial charge < -0.3 is 15.4 Å². The second-order valence-electron chi connectivity index (χ2n) is 3.70. The highest BCUT2D eigenvalue weighted by atomic mass is 16.3. The Hall–Kier alpha value is -0.960. The van der Waals surface area contributed by atoms with Gasteiger partial charge in [0.05, 0.1) is 5.60 Å². The molecular formula is C9H16N2O. The molecule has 0 atom stereocenters. The highest BCUT2D eigenvalue weighted by molar-refractivity contribution is 5.47. The van der Waals surface area contributed by atoms with Crippen molar-refractivity contribution in [3.05, 3.63) is 17.3 Å². The number of aryl methyl sites for hydroxylation is 1. The van der Waals surface area contributed by atoms with Gasteiger partial charge in [-0.2, -0.15) is 0 Å². The highest BCUT2D eigenvalue weighted by Gasteiger charge is 2.21. The van der Waals surface area contributed by atoms with Crippen LogP contribution in [0.5, 0.6) is 0 Å². The normalized spacial score (nSPS) is 12.1. The van der Waals surface area contributed by atoms with Gasteiger partial charge in [-0.15, -0.1) is 0 Å². The van der Waals surface area contributed by atoms with Crippen LogP contribution in [0.3, 0.4) is 0 Å². The Morgan fingerprint density at radius 1 is 1.50 bits per heavy atom. The van der Waals surface area contributed by atoms with E-state index in [9.17, 15) is 5.11 Å². The number of nitrogens with two attached hydrogens (primary N) is 1. The van der Waals surface area contributed by atoms with E-state index in [1.807, 2.05) is 24.6 Å². The molecular weight excluding hydrogens is 152 g/mol. The molecule has 0 radical (unpaired) electrons. The summed E-state index contributed by atoms with van der Waals surface area (Å²) in [6.07, 6.45) is 0. The fourth-order valence-corrected chi connectivity index (χ4v) is 1.24. The molecule has 0 aliphatic heterocycles. The molecule has 1 aromatic rings. The summed E-state index contributed by atoms with van der Waals surface area (Å²) < 4.78 is 1.87. The largest absolute Gasteiger partial charge is 0.386 e. The number of anilines is 1. The standard InChI is InChI=1S/C9H16N2O/c1-6-5-7(9(2,3)12)8(10)11(6)4/h5,12H,10H2,1-4H3. The summed E-state index contributed by atoms with van der Waals surface area (Å²) in [6, 6.07) is 1.91. The summed E-state index contributed by atoms with van der Waals surface area (Å²) in [6.45, 7) is 5.43. The molecule has 1 aromatic heterocycles. The van der Waals surface area contributed by atoms with E-state index in [2.05, 4.69) is 0 Å². The predicted molar refractivity (Wildman–Crippen MR) is 49.8 cm³/mol. The average molecular weight is 168 g/mol. The van der Waals surface area contributed by atoms with Crippen LogP contribution in [0.15, 0.2) is 6.07 Å². The van der Waals surface area contributed by atoms with Gasteiger partial charge in [-0.05, 0) is 26.8 Å². The zero-order valence-electron chi connectivity index (χ0n) is 8.05. The summed E-state index contributed by atoms with van der Waals surface area (Å²) in [7, 11) is 1.89. The van der Waals surface area contributed by atoms with Crippen LogP contribution in [-0.4, -0.2) is 9.67 Å². The SMILES string of the molecule is Cc1cc(C(C)(C)O)c(N)n1C. The lowest BCUT2D eigenvalue weighted by Gasteiger charge is -2.16. The van der Waals surface area contributed by atoms with Gasteiger partial charge in [0.15, 0.2) is 0 Å². The maximum Gasteiger partial charge on any atom is 0.109 e. The van der Waals surface area contributed by atoms with E-state index in [4.69, 9.17) is 5.73 Å². The summed E-state index contributed by atoms with van der Waals surface area (Å²) >= 11 is 0. The highest BCUT2D eigenvalue weighted by Crippen LogP contribution is 2.27. The second-order valence-corrected chi connectivity index (χ2v) is 3.70. The van der Waals surface area contributed by atoms with Gasteiger partial charge in [-0.25, -0.2) is 0 Å². The zero-order valence-corrected chi connectivity index (χ0v) is 8.05. The van der Waals surface area contributed by atoms with Crippen molar-refractivity contribution < 1.29 is 5.11 Å². The molecule has 12 heavy (non-hydrogen) atoms. The zero-order chi connectivity index (χ0) is 9.52. The molecule has 0 fully saturated rings. The van der Waals surface area contributed by atoms with E-state index in [0.29, 0.717) is 5.82 Å². The molecule has 3 heteroatoms. The van der Waals surface area contributed by atoms with Gasteiger partial charge in [-0.3, -0.25) is 0 Å². The number of aliphatic hydroxyl groups is 1. The number of hydrogen-bond donors (Lipinski definition) is 2. The number of hydrogen-bond acceptors (Lipinski definition) is 2. The van der Waals surface area contributed by atoms with Crippen LogP contribution in [0.25, 0.3) is 0 Å². The van der Waals surface area contributed by atoms with E-state index in [1.165, 1.54) is 0 Å². The van der Waals surface area contributed by atoms with Crippen LogP contribution in [-0.2, 0) is 12.6 Å². The summed E-state index contributed by atoms with van der Waals surface area (Å²) in [5.41, 5.74) is 6.80. The molecule has 0 saturated carbocycles. The quantitative estimate of drug-likeness (QED) is 0.660. The minimum absolute atomic E-state index is 0.639. The Bertz CT molecular complexity index is 294. The van der Waals surface area contributed by atoms with Gasteiger partial charge in [0.25, 0.3) is 0 Å². The van der Waals surface area contributed by atoms with Gasteiger partial charge in [0.2, 0.25) is 0 Å². The molecule has 1 rings (SSSR count). The lowest BCUT2D eigenvalue weighted by molar-refractivity contribution is 0.0794. The molecule has 3 nitrogen and oxygen atoms in total. The van der Waals surface area contributed by atoms with Crippen molar-refractivity contribution in [3.8, 4) is 0 Å². The lowest BCUT2D eigenvalue weighted by atomic mass is 10.0. The van der Waals surface area contributed by atoms with E-state index < -0.39 is 5.60 Å². The van der Waals surface area contributed by atoms with Crippen molar-refractivity contribution in [1.29, 1.82) is 0 Å². The topological polar surface area (TPSA) is 51.2 Å². The first kappa shape index (κ1) is 9.13. The first-order chi connectivity index (χ1) is 5.34. The molecule has 0 saturated heterocycles. The third kappa shape index (κ3) is 1.32. The number of nitrogens with zero attached hydrogens (tertiary/aromatic N) is 1. The Balaban J connectivity index is 3.28. The molecule has 0 aromatic carbocycles. The second kappa shape index (κ2) is 2.52. The van der Waals surface area contributed by atoms with Crippen LogP contribution in [0.1, 0.15) is 25.1 Å². The van der Waals surface area contributed by atoms with Crippen molar-refractivity contribution in [1.82, 2.24) is 4.57 Å². The molecule has 0 unspecified atom stereocenters. The number of rotatable bonds is 1. The summed E-state index contributed by atoms with van der Waals surface area (Å²) in [4.78, 5) is 0. The number of nitrogen functional groups attached to an aromatic ring is 1. The van der Waals surface area contributed by atoms with Crippen LogP contribution < -0.4 is 5.73 Å². The van der Waals surface area contributed by atoms with Gasteiger partial charge in [-0.1, -0.05) is 0 Å². The molecule has 0 aliphatic rings.